The van der Waals surface area contributed by atoms with Gasteiger partial charge >= 0.3 is 0 Å². The van der Waals surface area contributed by atoms with Crippen LogP contribution in [0.4, 0.5) is 0 Å². The molecule has 0 atom stereocenters. The van der Waals surface area contributed by atoms with Crippen molar-refractivity contribution in [2.45, 2.75) is 20.3 Å². The molecule has 0 spiro atoms. The van der Waals surface area contributed by atoms with Crippen LogP contribution in [0.3, 0.4) is 0 Å². The molecule has 0 unspecified atom stereocenters. The van der Waals surface area contributed by atoms with Gasteiger partial charge in [0.15, 0.2) is 0 Å². The van der Waals surface area contributed by atoms with E-state index in [-0.39, 0.29) is 5.91 Å². The van der Waals surface area contributed by atoms with Crippen molar-refractivity contribution in [1.82, 2.24) is 5.32 Å². The van der Waals surface area contributed by atoms with Crippen molar-refractivity contribution in [2.75, 3.05) is 25.1 Å². The molecule has 0 heterocycles. The van der Waals surface area contributed by atoms with E-state index in [2.05, 4.69) is 35.1 Å². The molecular weight excluding hydrogens is 234 g/mol. The van der Waals surface area contributed by atoms with Crippen LogP contribution < -0.4 is 5.32 Å². The SMILES string of the molecule is CC(C)COCCNC(=O)CCBr. The highest BCUT2D eigenvalue weighted by Crippen LogP contribution is 1.91. The molecule has 0 aliphatic rings. The number of amides is 1. The van der Waals surface area contributed by atoms with E-state index in [1.807, 2.05) is 0 Å². The van der Waals surface area contributed by atoms with Gasteiger partial charge in [-0.1, -0.05) is 29.8 Å². The molecule has 0 aromatic heterocycles. The quantitative estimate of drug-likeness (QED) is 0.551. The van der Waals surface area contributed by atoms with Gasteiger partial charge in [-0.05, 0) is 5.92 Å². The molecule has 13 heavy (non-hydrogen) atoms. The second kappa shape index (κ2) is 8.51. The molecule has 0 saturated carbocycles. The van der Waals surface area contributed by atoms with Crippen LogP contribution in [0.25, 0.3) is 0 Å². The van der Waals surface area contributed by atoms with Crippen molar-refractivity contribution in [3.63, 3.8) is 0 Å². The Bertz CT molecular complexity index is 140. The lowest BCUT2D eigenvalue weighted by Crippen LogP contribution is -2.27. The zero-order valence-electron chi connectivity index (χ0n) is 8.31. The van der Waals surface area contributed by atoms with Gasteiger partial charge in [0, 0.05) is 24.9 Å². The fourth-order valence-corrected chi connectivity index (χ4v) is 1.12. The zero-order chi connectivity index (χ0) is 10.1. The number of nitrogens with one attached hydrogen (secondary N) is 1. The molecule has 0 fully saturated rings. The largest absolute Gasteiger partial charge is 0.379 e. The third-order valence-corrected chi connectivity index (χ3v) is 1.74. The molecule has 0 aliphatic heterocycles. The van der Waals surface area contributed by atoms with Crippen LogP contribution in [0.15, 0.2) is 0 Å². The Hall–Kier alpha value is -0.0900. The van der Waals surface area contributed by atoms with Gasteiger partial charge in [0.25, 0.3) is 0 Å². The van der Waals surface area contributed by atoms with E-state index in [0.29, 0.717) is 30.8 Å². The number of halogens is 1. The Morgan fingerprint density at radius 1 is 1.54 bits per heavy atom. The standard InChI is InChI=1S/C9H18BrNO2/c1-8(2)7-13-6-5-11-9(12)3-4-10/h8H,3-7H2,1-2H3,(H,11,12). The number of ether oxygens (including phenoxy) is 1. The lowest BCUT2D eigenvalue weighted by molar-refractivity contribution is -0.120. The van der Waals surface area contributed by atoms with Crippen molar-refractivity contribution in [1.29, 1.82) is 0 Å². The number of carbonyl (C=O) groups excluding carboxylic acids is 1. The van der Waals surface area contributed by atoms with Crippen LogP contribution >= 0.6 is 15.9 Å². The average molecular weight is 252 g/mol. The monoisotopic (exact) mass is 251 g/mol. The summed E-state index contributed by atoms with van der Waals surface area (Å²) in [7, 11) is 0. The zero-order valence-corrected chi connectivity index (χ0v) is 9.89. The number of hydrogen-bond acceptors (Lipinski definition) is 2. The van der Waals surface area contributed by atoms with Gasteiger partial charge in [0.05, 0.1) is 6.61 Å². The summed E-state index contributed by atoms with van der Waals surface area (Å²) in [5.41, 5.74) is 0. The number of alkyl halides is 1. The van der Waals surface area contributed by atoms with Gasteiger partial charge < -0.3 is 10.1 Å². The summed E-state index contributed by atoms with van der Waals surface area (Å²) in [5.74, 6) is 0.628. The van der Waals surface area contributed by atoms with Crippen LogP contribution in [0.1, 0.15) is 20.3 Å². The van der Waals surface area contributed by atoms with Gasteiger partial charge in [-0.25, -0.2) is 0 Å². The topological polar surface area (TPSA) is 38.3 Å². The van der Waals surface area contributed by atoms with Crippen LogP contribution in [0, 0.1) is 5.92 Å². The minimum atomic E-state index is 0.0741. The predicted molar refractivity (Wildman–Crippen MR) is 57.1 cm³/mol. The van der Waals surface area contributed by atoms with E-state index in [1.165, 1.54) is 0 Å². The summed E-state index contributed by atoms with van der Waals surface area (Å²) >= 11 is 3.20. The van der Waals surface area contributed by atoms with E-state index >= 15 is 0 Å². The van der Waals surface area contributed by atoms with Crippen LogP contribution in [-0.4, -0.2) is 31.0 Å². The second-order valence-electron chi connectivity index (χ2n) is 3.26. The van der Waals surface area contributed by atoms with Crippen molar-refractivity contribution in [3.8, 4) is 0 Å². The van der Waals surface area contributed by atoms with Gasteiger partial charge in [0.1, 0.15) is 0 Å². The summed E-state index contributed by atoms with van der Waals surface area (Å²) in [6, 6.07) is 0. The van der Waals surface area contributed by atoms with E-state index < -0.39 is 0 Å². The molecule has 1 N–H and O–H groups in total. The first-order valence-corrected chi connectivity index (χ1v) is 5.69. The molecule has 4 heteroatoms. The molecule has 0 radical (unpaired) electrons. The fourth-order valence-electron chi connectivity index (χ4n) is 0.756. The van der Waals surface area contributed by atoms with Crippen molar-refractivity contribution >= 4 is 21.8 Å². The second-order valence-corrected chi connectivity index (χ2v) is 4.05. The number of hydrogen-bond donors (Lipinski definition) is 1. The van der Waals surface area contributed by atoms with Crippen molar-refractivity contribution < 1.29 is 9.53 Å². The van der Waals surface area contributed by atoms with E-state index in [9.17, 15) is 4.79 Å². The van der Waals surface area contributed by atoms with E-state index in [4.69, 9.17) is 4.74 Å². The first-order valence-electron chi connectivity index (χ1n) is 4.57. The lowest BCUT2D eigenvalue weighted by Gasteiger charge is -2.07. The van der Waals surface area contributed by atoms with Gasteiger partial charge in [-0.3, -0.25) is 4.79 Å². The first kappa shape index (κ1) is 12.9. The highest BCUT2D eigenvalue weighted by Gasteiger charge is 1.98. The first-order chi connectivity index (χ1) is 6.16. The highest BCUT2D eigenvalue weighted by atomic mass is 79.9. The molecule has 0 saturated heterocycles. The van der Waals surface area contributed by atoms with Crippen molar-refractivity contribution in [3.05, 3.63) is 0 Å². The predicted octanol–water partition coefficient (Wildman–Crippen LogP) is 1.56. The molecule has 78 valence electrons. The van der Waals surface area contributed by atoms with Gasteiger partial charge in [-0.15, -0.1) is 0 Å². The average Bonchev–Trinajstić information content (AvgIpc) is 2.03. The van der Waals surface area contributed by atoms with Crippen LogP contribution in [0.5, 0.6) is 0 Å². The molecule has 0 aromatic rings. The third-order valence-electron chi connectivity index (χ3n) is 1.34. The Labute approximate surface area is 88.4 Å². The molecule has 0 aliphatic carbocycles. The molecule has 0 rings (SSSR count). The summed E-state index contributed by atoms with van der Waals surface area (Å²) in [4.78, 5) is 10.9. The smallest absolute Gasteiger partial charge is 0.220 e. The summed E-state index contributed by atoms with van der Waals surface area (Å²) in [6.07, 6.45) is 0.532. The van der Waals surface area contributed by atoms with Gasteiger partial charge in [-0.2, -0.15) is 0 Å². The summed E-state index contributed by atoms with van der Waals surface area (Å²) in [6.45, 7) is 6.17. The molecule has 3 nitrogen and oxygen atoms in total. The molecule has 0 bridgehead atoms. The van der Waals surface area contributed by atoms with E-state index in [1.54, 1.807) is 0 Å². The van der Waals surface area contributed by atoms with Crippen molar-refractivity contribution in [2.24, 2.45) is 5.92 Å². The van der Waals surface area contributed by atoms with Gasteiger partial charge in [0.2, 0.25) is 5.91 Å². The Kier molecular flexibility index (Phi) is 8.45. The summed E-state index contributed by atoms with van der Waals surface area (Å²) < 4.78 is 5.30. The van der Waals surface area contributed by atoms with Crippen LogP contribution in [0.2, 0.25) is 0 Å². The highest BCUT2D eigenvalue weighted by molar-refractivity contribution is 9.09. The maximum absolute atomic E-state index is 10.9. The molecule has 1 amide bonds. The number of rotatable bonds is 7. The fraction of sp³-hybridized carbons (Fsp3) is 0.889. The minimum Gasteiger partial charge on any atom is -0.379 e. The van der Waals surface area contributed by atoms with E-state index in [0.717, 1.165) is 6.61 Å². The number of carbonyl (C=O) groups is 1. The Morgan fingerprint density at radius 3 is 2.77 bits per heavy atom. The maximum Gasteiger partial charge on any atom is 0.220 e. The lowest BCUT2D eigenvalue weighted by atomic mass is 10.2. The molecule has 0 aromatic carbocycles. The Morgan fingerprint density at radius 2 is 2.23 bits per heavy atom. The maximum atomic E-state index is 10.9. The molecular formula is C9H18BrNO2. The van der Waals surface area contributed by atoms with Crippen LogP contribution in [-0.2, 0) is 9.53 Å². The summed E-state index contributed by atoms with van der Waals surface area (Å²) in [5, 5.41) is 3.48. The Balaban J connectivity index is 3.11. The third kappa shape index (κ3) is 9.83. The minimum absolute atomic E-state index is 0.0741. The normalized spacial score (nSPS) is 10.5.